The Morgan fingerprint density at radius 2 is 2.00 bits per heavy atom. The summed E-state index contributed by atoms with van der Waals surface area (Å²) >= 11 is 0. The van der Waals surface area contributed by atoms with Gasteiger partial charge in [0.1, 0.15) is 35.8 Å². The highest BCUT2D eigenvalue weighted by Crippen LogP contribution is 2.27. The van der Waals surface area contributed by atoms with Gasteiger partial charge in [-0.25, -0.2) is 9.18 Å². The van der Waals surface area contributed by atoms with Crippen LogP contribution in [-0.4, -0.2) is 22.6 Å². The van der Waals surface area contributed by atoms with Gasteiger partial charge in [-0.15, -0.1) is 0 Å². The summed E-state index contributed by atoms with van der Waals surface area (Å²) < 4.78 is 26.0. The van der Waals surface area contributed by atoms with E-state index in [1.54, 1.807) is 28.8 Å². The minimum absolute atomic E-state index is 0.140. The number of halogens is 1. The normalized spacial score (nSPS) is 14.9. The maximum atomic E-state index is 13.0. The Bertz CT molecular complexity index is 1180. The summed E-state index contributed by atoms with van der Waals surface area (Å²) in [5.74, 6) is 1.42. The number of likely N-dealkylation sites (N-methyl/N-ethyl adjacent to an activating group) is 1. The van der Waals surface area contributed by atoms with Gasteiger partial charge >= 0.3 is 5.69 Å². The van der Waals surface area contributed by atoms with Crippen LogP contribution < -0.4 is 20.1 Å². The molecule has 30 heavy (non-hydrogen) atoms. The second-order valence-electron chi connectivity index (χ2n) is 7.09. The predicted octanol–water partition coefficient (Wildman–Crippen LogP) is 3.46. The molecule has 0 aliphatic carbocycles. The van der Waals surface area contributed by atoms with Crippen molar-refractivity contribution in [2.45, 2.75) is 26.1 Å². The van der Waals surface area contributed by atoms with Crippen molar-refractivity contribution in [3.05, 3.63) is 76.0 Å². The van der Waals surface area contributed by atoms with E-state index in [0.717, 1.165) is 11.4 Å². The van der Waals surface area contributed by atoms with Crippen LogP contribution in [0.2, 0.25) is 0 Å². The number of rotatable bonds is 5. The lowest BCUT2D eigenvalue weighted by Gasteiger charge is -2.16. The molecule has 0 bridgehead atoms. The van der Waals surface area contributed by atoms with Gasteiger partial charge < -0.3 is 14.4 Å². The molecular weight excluding hydrogens is 387 g/mol. The highest BCUT2D eigenvalue weighted by atomic mass is 19.1. The Hall–Kier alpha value is -3.86. The molecule has 1 aliphatic heterocycles. The van der Waals surface area contributed by atoms with Crippen LogP contribution in [0.3, 0.4) is 0 Å². The highest BCUT2D eigenvalue weighted by molar-refractivity contribution is 5.48. The first kappa shape index (κ1) is 19.5. The molecule has 8 heteroatoms. The molecule has 3 aromatic rings. The van der Waals surface area contributed by atoms with E-state index < -0.39 is 0 Å². The first-order chi connectivity index (χ1) is 14.4. The minimum atomic E-state index is -0.365. The highest BCUT2D eigenvalue weighted by Gasteiger charge is 2.25. The van der Waals surface area contributed by atoms with Crippen molar-refractivity contribution in [2.75, 3.05) is 11.9 Å². The van der Waals surface area contributed by atoms with Crippen LogP contribution in [0.1, 0.15) is 18.1 Å². The number of nitrogens with zero attached hydrogens (tertiary/aromatic N) is 4. The molecule has 2 heterocycles. The average Bonchev–Trinajstić information content (AvgIpc) is 3.03. The van der Waals surface area contributed by atoms with Gasteiger partial charge in [-0.2, -0.15) is 10.2 Å². The fraction of sp³-hybridized carbons (Fsp3) is 0.227. The number of anilines is 1. The van der Waals surface area contributed by atoms with Gasteiger partial charge in [0.15, 0.2) is 0 Å². The molecule has 0 amide bonds. The standard InChI is InChI=1S/C22H19FN4O3/c1-14-12-27-21(26(14)2)10-20(25-22(27)28)29-13-15-3-8-19(16(9-15)11-24)30-18-6-4-17(23)5-7-18/h3-10,14H,12-13H2,1-2H3/t14-/m0/s1. The maximum absolute atomic E-state index is 13.0. The zero-order valence-corrected chi connectivity index (χ0v) is 16.5. The van der Waals surface area contributed by atoms with E-state index >= 15 is 0 Å². The zero-order chi connectivity index (χ0) is 21.3. The molecule has 0 unspecified atom stereocenters. The molecule has 1 aliphatic rings. The van der Waals surface area contributed by atoms with Gasteiger partial charge in [-0.1, -0.05) is 6.07 Å². The summed E-state index contributed by atoms with van der Waals surface area (Å²) in [4.78, 5) is 18.2. The number of nitriles is 1. The number of hydrogen-bond acceptors (Lipinski definition) is 6. The van der Waals surface area contributed by atoms with Crippen molar-refractivity contribution < 1.29 is 13.9 Å². The quantitative estimate of drug-likeness (QED) is 0.646. The van der Waals surface area contributed by atoms with Crippen molar-refractivity contribution >= 4 is 5.82 Å². The fourth-order valence-corrected chi connectivity index (χ4v) is 3.25. The van der Waals surface area contributed by atoms with E-state index in [1.807, 2.05) is 18.9 Å². The van der Waals surface area contributed by atoms with Crippen LogP contribution in [0.5, 0.6) is 17.4 Å². The van der Waals surface area contributed by atoms with E-state index in [2.05, 4.69) is 11.1 Å². The minimum Gasteiger partial charge on any atom is -0.473 e. The molecule has 0 N–H and O–H groups in total. The monoisotopic (exact) mass is 406 g/mol. The van der Waals surface area contributed by atoms with E-state index in [9.17, 15) is 14.4 Å². The molecular formula is C22H19FN4O3. The van der Waals surface area contributed by atoms with E-state index in [-0.39, 0.29) is 30.0 Å². The van der Waals surface area contributed by atoms with Crippen LogP contribution in [0, 0.1) is 17.1 Å². The summed E-state index contributed by atoms with van der Waals surface area (Å²) in [6.07, 6.45) is 0. The van der Waals surface area contributed by atoms with Crippen molar-refractivity contribution in [1.29, 1.82) is 5.26 Å². The Morgan fingerprint density at radius 1 is 1.23 bits per heavy atom. The van der Waals surface area contributed by atoms with Gasteiger partial charge in [0.2, 0.25) is 5.88 Å². The summed E-state index contributed by atoms with van der Waals surface area (Å²) in [6, 6.07) is 14.6. The number of fused-ring (bicyclic) bond motifs is 1. The van der Waals surface area contributed by atoms with Crippen molar-refractivity contribution in [1.82, 2.24) is 9.55 Å². The molecule has 0 radical (unpaired) electrons. The van der Waals surface area contributed by atoms with E-state index in [1.165, 1.54) is 24.3 Å². The van der Waals surface area contributed by atoms with Crippen LogP contribution in [0.25, 0.3) is 0 Å². The number of hydrogen-bond donors (Lipinski definition) is 0. The molecule has 4 rings (SSSR count). The lowest BCUT2D eigenvalue weighted by molar-refractivity contribution is 0.291. The molecule has 2 aromatic carbocycles. The van der Waals surface area contributed by atoms with E-state index in [4.69, 9.17) is 9.47 Å². The number of ether oxygens (including phenoxy) is 2. The van der Waals surface area contributed by atoms with Gasteiger partial charge in [-0.05, 0) is 48.9 Å². The topological polar surface area (TPSA) is 80.4 Å². The maximum Gasteiger partial charge on any atom is 0.352 e. The molecule has 0 saturated carbocycles. The van der Waals surface area contributed by atoms with Gasteiger partial charge in [0.25, 0.3) is 0 Å². The summed E-state index contributed by atoms with van der Waals surface area (Å²) in [7, 11) is 1.92. The molecule has 0 fully saturated rings. The van der Waals surface area contributed by atoms with E-state index in [0.29, 0.717) is 23.6 Å². The Morgan fingerprint density at radius 3 is 2.73 bits per heavy atom. The first-order valence-electron chi connectivity index (χ1n) is 9.38. The SMILES string of the molecule is C[C@H]1Cn2c(cc(OCc3ccc(Oc4ccc(F)cc4)c(C#N)c3)nc2=O)N1C. The number of aromatic nitrogens is 2. The molecule has 1 aromatic heterocycles. The van der Waals surface area contributed by atoms with Crippen LogP contribution in [-0.2, 0) is 13.2 Å². The molecule has 0 spiro atoms. The average molecular weight is 406 g/mol. The summed E-state index contributed by atoms with van der Waals surface area (Å²) in [5.41, 5.74) is 0.692. The molecule has 1 atom stereocenters. The van der Waals surface area contributed by atoms with Gasteiger partial charge in [-0.3, -0.25) is 4.57 Å². The van der Waals surface area contributed by atoms with Crippen LogP contribution in [0.15, 0.2) is 53.3 Å². The summed E-state index contributed by atoms with van der Waals surface area (Å²) in [6.45, 7) is 2.77. The lowest BCUT2D eigenvalue weighted by Crippen LogP contribution is -2.23. The third kappa shape index (κ3) is 3.82. The summed E-state index contributed by atoms with van der Waals surface area (Å²) in [5, 5.41) is 9.45. The van der Waals surface area contributed by atoms with Crippen LogP contribution in [0.4, 0.5) is 10.2 Å². The largest absolute Gasteiger partial charge is 0.473 e. The third-order valence-electron chi connectivity index (χ3n) is 5.03. The smallest absolute Gasteiger partial charge is 0.352 e. The van der Waals surface area contributed by atoms with Crippen LogP contribution >= 0.6 is 0 Å². The Kier molecular flexibility index (Phi) is 5.11. The van der Waals surface area contributed by atoms with Gasteiger partial charge in [0.05, 0.1) is 5.56 Å². The fourth-order valence-electron chi connectivity index (χ4n) is 3.25. The second-order valence-corrected chi connectivity index (χ2v) is 7.09. The molecule has 0 saturated heterocycles. The zero-order valence-electron chi connectivity index (χ0n) is 16.5. The van der Waals surface area contributed by atoms with Crippen molar-refractivity contribution in [2.24, 2.45) is 0 Å². The third-order valence-corrected chi connectivity index (χ3v) is 5.03. The molecule has 7 nitrogen and oxygen atoms in total. The predicted molar refractivity (Wildman–Crippen MR) is 108 cm³/mol. The second kappa shape index (κ2) is 7.87. The van der Waals surface area contributed by atoms with Crippen molar-refractivity contribution in [3.63, 3.8) is 0 Å². The molecule has 152 valence electrons. The first-order valence-corrected chi connectivity index (χ1v) is 9.38. The number of benzene rings is 2. The Balaban J connectivity index is 1.50. The van der Waals surface area contributed by atoms with Crippen molar-refractivity contribution in [3.8, 4) is 23.4 Å². The lowest BCUT2D eigenvalue weighted by atomic mass is 10.1. The Labute approximate surface area is 172 Å². The van der Waals surface area contributed by atoms with Gasteiger partial charge in [0, 0.05) is 25.7 Å².